The predicted molar refractivity (Wildman–Crippen MR) is 230 cm³/mol. The van der Waals surface area contributed by atoms with Gasteiger partial charge in [0.15, 0.2) is 0 Å². The van der Waals surface area contributed by atoms with Crippen molar-refractivity contribution in [2.24, 2.45) is 0 Å². The monoisotopic (exact) mass is 842 g/mol. The molecule has 0 aromatic heterocycles. The molecule has 0 bridgehead atoms. The van der Waals surface area contributed by atoms with Crippen LogP contribution in [0.4, 0.5) is 4.39 Å². The number of carbonyl (C=O) groups is 4. The standard InChI is InChI=1S/C25H22ClNO3.C24H19ClFNO3/c1-16-6-8-17(9-7-16)18-10-12-19(13-11-18)24(28)27-22(14-15-23(27)25(29)30)20-4-2-3-5-21(20)26;25-19-7-3-1-6-18(19)21-13-14-22(24(29)30)27(21)23(28)16-11-9-15(10-12-16)17-5-2-4-8-20(17)26/h2-13,22-23H,14-15H2,1H3,(H,29,30);1-12,21-22H,13-14H2,(H,29,30)/t22-,23+;21-,22+/m11/s1. The van der Waals surface area contributed by atoms with E-state index >= 15 is 0 Å². The molecule has 11 heteroatoms. The van der Waals surface area contributed by atoms with Gasteiger partial charge in [0.1, 0.15) is 17.9 Å². The van der Waals surface area contributed by atoms with Gasteiger partial charge in [0.25, 0.3) is 11.8 Å². The van der Waals surface area contributed by atoms with E-state index in [1.54, 1.807) is 72.8 Å². The van der Waals surface area contributed by atoms with E-state index in [0.29, 0.717) is 58.0 Å². The number of halogens is 3. The highest BCUT2D eigenvalue weighted by molar-refractivity contribution is 6.31. The van der Waals surface area contributed by atoms with Crippen molar-refractivity contribution in [3.05, 3.63) is 189 Å². The van der Waals surface area contributed by atoms with Gasteiger partial charge < -0.3 is 20.0 Å². The minimum Gasteiger partial charge on any atom is -0.480 e. The molecule has 4 atom stereocenters. The van der Waals surface area contributed by atoms with Gasteiger partial charge in [0.2, 0.25) is 0 Å². The number of hydrogen-bond donors (Lipinski definition) is 2. The number of likely N-dealkylation sites (tertiary alicyclic amines) is 2. The lowest BCUT2D eigenvalue weighted by Gasteiger charge is -2.29. The summed E-state index contributed by atoms with van der Waals surface area (Å²) in [6.45, 7) is 2.04. The van der Waals surface area contributed by atoms with Gasteiger partial charge in [0, 0.05) is 26.7 Å². The molecule has 0 saturated carbocycles. The zero-order valence-corrected chi connectivity index (χ0v) is 34.1. The first-order valence-electron chi connectivity index (χ1n) is 19.5. The molecule has 6 aromatic rings. The third-order valence-corrected chi connectivity index (χ3v) is 11.9. The van der Waals surface area contributed by atoms with Gasteiger partial charge in [-0.05, 0) is 103 Å². The van der Waals surface area contributed by atoms with Crippen LogP contribution >= 0.6 is 23.2 Å². The number of carboxylic acids is 2. The summed E-state index contributed by atoms with van der Waals surface area (Å²) in [5.41, 5.74) is 6.68. The molecule has 6 aromatic carbocycles. The normalized spacial score (nSPS) is 18.4. The number of rotatable bonds is 8. The molecule has 2 N–H and O–H groups in total. The first kappa shape index (κ1) is 41.9. The maximum Gasteiger partial charge on any atom is 0.326 e. The van der Waals surface area contributed by atoms with Crippen molar-refractivity contribution < 1.29 is 33.8 Å². The van der Waals surface area contributed by atoms with Gasteiger partial charge in [-0.15, -0.1) is 0 Å². The second-order valence-corrected chi connectivity index (χ2v) is 15.7. The first-order chi connectivity index (χ1) is 28.9. The topological polar surface area (TPSA) is 115 Å². The van der Waals surface area contributed by atoms with Crippen LogP contribution in [-0.4, -0.2) is 55.8 Å². The summed E-state index contributed by atoms with van der Waals surface area (Å²) in [5.74, 6) is -3.05. The average Bonchev–Trinajstić information content (AvgIpc) is 3.91. The van der Waals surface area contributed by atoms with Gasteiger partial charge in [-0.25, -0.2) is 14.0 Å². The molecule has 2 aliphatic heterocycles. The number of carboxylic acid groups (broad SMARTS) is 2. The average molecular weight is 844 g/mol. The summed E-state index contributed by atoms with van der Waals surface area (Å²) in [7, 11) is 0. The molecular formula is C49H41Cl2FN2O6. The Hall–Kier alpha value is -6.29. The SMILES string of the molecule is Cc1ccc(-c2ccc(C(=O)N3[C@@H](c4ccccc4Cl)CC[C@H]3C(=O)O)cc2)cc1.O=C(O)[C@@H]1CC[C@H](c2ccccc2Cl)N1C(=O)c1ccc(-c2ccccc2F)cc1. The highest BCUT2D eigenvalue weighted by Gasteiger charge is 2.44. The first-order valence-corrected chi connectivity index (χ1v) is 20.3. The zero-order chi connectivity index (χ0) is 42.5. The van der Waals surface area contributed by atoms with E-state index in [-0.39, 0.29) is 23.7 Å². The van der Waals surface area contributed by atoms with E-state index in [0.717, 1.165) is 22.3 Å². The molecule has 60 heavy (non-hydrogen) atoms. The molecule has 8 rings (SSSR count). The highest BCUT2D eigenvalue weighted by Crippen LogP contribution is 2.42. The number of nitrogens with zero attached hydrogens (tertiary/aromatic N) is 2. The molecule has 0 spiro atoms. The van der Waals surface area contributed by atoms with E-state index in [1.165, 1.54) is 21.4 Å². The van der Waals surface area contributed by atoms with E-state index in [4.69, 9.17) is 23.2 Å². The zero-order valence-electron chi connectivity index (χ0n) is 32.5. The molecule has 0 radical (unpaired) electrons. The summed E-state index contributed by atoms with van der Waals surface area (Å²) >= 11 is 12.7. The van der Waals surface area contributed by atoms with Crippen LogP contribution in [0.5, 0.6) is 0 Å². The highest BCUT2D eigenvalue weighted by atomic mass is 35.5. The Kier molecular flexibility index (Phi) is 12.8. The van der Waals surface area contributed by atoms with E-state index < -0.39 is 30.1 Å². The lowest BCUT2D eigenvalue weighted by atomic mass is 10.0. The fourth-order valence-electron chi connectivity index (χ4n) is 8.11. The summed E-state index contributed by atoms with van der Waals surface area (Å²) < 4.78 is 14.0. The van der Waals surface area contributed by atoms with Crippen LogP contribution in [0, 0.1) is 12.7 Å². The third-order valence-electron chi connectivity index (χ3n) is 11.2. The van der Waals surface area contributed by atoms with Crippen LogP contribution in [-0.2, 0) is 9.59 Å². The number of hydrogen-bond acceptors (Lipinski definition) is 4. The van der Waals surface area contributed by atoms with Crippen molar-refractivity contribution in [2.45, 2.75) is 56.8 Å². The van der Waals surface area contributed by atoms with Crippen LogP contribution in [0.25, 0.3) is 22.3 Å². The molecule has 8 nitrogen and oxygen atoms in total. The molecular weight excluding hydrogens is 802 g/mol. The van der Waals surface area contributed by atoms with Crippen molar-refractivity contribution in [3.8, 4) is 22.3 Å². The Morgan fingerprint density at radius 3 is 1.32 bits per heavy atom. The largest absolute Gasteiger partial charge is 0.480 e. The van der Waals surface area contributed by atoms with E-state index in [1.807, 2.05) is 73.7 Å². The summed E-state index contributed by atoms with van der Waals surface area (Å²) in [5, 5.41) is 20.4. The van der Waals surface area contributed by atoms with Crippen molar-refractivity contribution >= 4 is 47.0 Å². The fourth-order valence-corrected chi connectivity index (χ4v) is 8.64. The van der Waals surface area contributed by atoms with E-state index in [9.17, 15) is 33.8 Å². The van der Waals surface area contributed by atoms with Crippen molar-refractivity contribution in [2.75, 3.05) is 0 Å². The number of aliphatic carboxylic acids is 2. The Labute approximate surface area is 357 Å². The van der Waals surface area contributed by atoms with Gasteiger partial charge in [0.05, 0.1) is 12.1 Å². The fraction of sp³-hybridized carbons (Fsp3) is 0.184. The van der Waals surface area contributed by atoms with Gasteiger partial charge in [-0.2, -0.15) is 0 Å². The van der Waals surface area contributed by atoms with Crippen LogP contribution in [0.1, 0.15) is 75.2 Å². The van der Waals surface area contributed by atoms with Gasteiger partial charge in [-0.3, -0.25) is 9.59 Å². The Balaban J connectivity index is 0.000000181. The maximum absolute atomic E-state index is 14.0. The predicted octanol–water partition coefficient (Wildman–Crippen LogP) is 11.3. The summed E-state index contributed by atoms with van der Waals surface area (Å²) in [6, 6.07) is 40.3. The molecule has 2 aliphatic rings. The maximum atomic E-state index is 14.0. The molecule has 0 aliphatic carbocycles. The third kappa shape index (κ3) is 8.83. The number of carbonyl (C=O) groups excluding carboxylic acids is 2. The van der Waals surface area contributed by atoms with Crippen LogP contribution in [0.2, 0.25) is 10.0 Å². The Bertz CT molecular complexity index is 2530. The van der Waals surface area contributed by atoms with Crippen LogP contribution in [0.3, 0.4) is 0 Å². The number of aryl methyl sites for hydroxylation is 1. The lowest BCUT2D eigenvalue weighted by molar-refractivity contribution is -0.142. The van der Waals surface area contributed by atoms with Crippen molar-refractivity contribution in [1.29, 1.82) is 0 Å². The van der Waals surface area contributed by atoms with Crippen LogP contribution in [0.15, 0.2) is 146 Å². The lowest BCUT2D eigenvalue weighted by Crippen LogP contribution is -2.41. The minimum absolute atomic E-state index is 0.291. The molecule has 2 heterocycles. The summed E-state index contributed by atoms with van der Waals surface area (Å²) in [4.78, 5) is 53.2. The van der Waals surface area contributed by atoms with Gasteiger partial charge in [-0.1, -0.05) is 132 Å². The van der Waals surface area contributed by atoms with Crippen LogP contribution < -0.4 is 0 Å². The number of amides is 2. The van der Waals surface area contributed by atoms with Gasteiger partial charge >= 0.3 is 11.9 Å². The summed E-state index contributed by atoms with van der Waals surface area (Å²) in [6.07, 6.45) is 1.83. The molecule has 0 unspecified atom stereocenters. The Morgan fingerprint density at radius 2 is 0.900 bits per heavy atom. The Morgan fingerprint density at radius 1 is 0.517 bits per heavy atom. The van der Waals surface area contributed by atoms with Crippen molar-refractivity contribution in [1.82, 2.24) is 9.80 Å². The smallest absolute Gasteiger partial charge is 0.326 e. The quantitative estimate of drug-likeness (QED) is 0.158. The number of benzene rings is 6. The van der Waals surface area contributed by atoms with E-state index in [2.05, 4.69) is 0 Å². The second-order valence-electron chi connectivity index (χ2n) is 14.9. The molecule has 304 valence electrons. The second kappa shape index (κ2) is 18.3. The molecule has 2 fully saturated rings. The molecule has 2 saturated heterocycles. The van der Waals surface area contributed by atoms with Crippen molar-refractivity contribution in [3.63, 3.8) is 0 Å². The molecule has 2 amide bonds. The minimum atomic E-state index is -1.04.